The Labute approximate surface area is 254 Å². The van der Waals surface area contributed by atoms with Gasteiger partial charge in [-0.15, -0.1) is 5.06 Å². The van der Waals surface area contributed by atoms with Crippen molar-refractivity contribution >= 4 is 23.3 Å². The summed E-state index contributed by atoms with van der Waals surface area (Å²) in [6, 6.07) is 9.31. The molecule has 3 aromatic rings. The second-order valence-corrected chi connectivity index (χ2v) is 11.7. The van der Waals surface area contributed by atoms with Gasteiger partial charge in [0, 0.05) is 42.9 Å². The Kier molecular flexibility index (Phi) is 9.53. The number of anilines is 2. The molecule has 0 saturated carbocycles. The number of aromatic nitrogens is 2. The van der Waals surface area contributed by atoms with Crippen LogP contribution in [0.4, 0.5) is 22.0 Å². The van der Waals surface area contributed by atoms with Crippen LogP contribution in [0.15, 0.2) is 47.4 Å². The molecule has 0 radical (unpaired) electrons. The van der Waals surface area contributed by atoms with Crippen LogP contribution in [0.3, 0.4) is 0 Å². The summed E-state index contributed by atoms with van der Waals surface area (Å²) >= 11 is 0. The van der Waals surface area contributed by atoms with Crippen molar-refractivity contribution in [3.8, 4) is 17.0 Å². The second kappa shape index (κ2) is 13.0. The van der Waals surface area contributed by atoms with Crippen LogP contribution >= 0.6 is 0 Å². The summed E-state index contributed by atoms with van der Waals surface area (Å²) in [7, 11) is 1.73. The van der Waals surface area contributed by atoms with E-state index in [0.29, 0.717) is 5.75 Å². The fraction of sp³-hybridized carbons (Fsp3) is 0.414. The first-order chi connectivity index (χ1) is 20.6. The number of aliphatic hydroxyl groups excluding tert-OH is 1. The number of hydrogen-bond donors (Lipinski definition) is 5. The van der Waals surface area contributed by atoms with Gasteiger partial charge in [0.15, 0.2) is 11.6 Å². The molecule has 4 rings (SSSR count). The standard InChI is InChI=1S/C29H38N8O7/c1-16(2)33-26-27(39)36(15-24(38)31-13-17-7-8-21-23(9-17)44-35(6)25(21)30)22(14-32-26)18-10-19(12-20(11-18)37(41)42)34-28(40)43-29(3,4)5/h7-12,14,16,24-25,31,38H,13,15,30H2,1-6H3,(H,32,33)(H,34,40). The number of nitro groups is 1. The van der Waals surface area contributed by atoms with E-state index in [9.17, 15) is 24.8 Å². The Balaban J connectivity index is 1.65. The molecule has 0 fully saturated rings. The number of nitrogens with one attached hydrogen (secondary N) is 3. The van der Waals surface area contributed by atoms with Gasteiger partial charge in [0.1, 0.15) is 18.0 Å². The van der Waals surface area contributed by atoms with E-state index in [0.717, 1.165) is 11.1 Å². The quantitative estimate of drug-likeness (QED) is 0.128. The van der Waals surface area contributed by atoms with E-state index in [1.807, 2.05) is 32.0 Å². The highest BCUT2D eigenvalue weighted by atomic mass is 16.7. The number of nitrogens with zero attached hydrogens (tertiary/aromatic N) is 4. The smallest absolute Gasteiger partial charge is 0.412 e. The fourth-order valence-corrected chi connectivity index (χ4v) is 4.52. The largest absolute Gasteiger partial charge is 0.444 e. The Bertz CT molecular complexity index is 1600. The molecule has 6 N–H and O–H groups in total. The highest BCUT2D eigenvalue weighted by Crippen LogP contribution is 2.34. The SMILES string of the molecule is CC(C)Nc1ncc(-c2cc(NC(=O)OC(C)(C)C)cc([N+](=O)[O-])c2)n(CC(O)NCc2ccc3c(c2)ON(C)C3N)c1=O. The van der Waals surface area contributed by atoms with Crippen LogP contribution in [-0.2, 0) is 17.8 Å². The van der Waals surface area contributed by atoms with Gasteiger partial charge in [-0.3, -0.25) is 30.1 Å². The Hall–Kier alpha value is -4.57. The zero-order chi connectivity index (χ0) is 32.3. The summed E-state index contributed by atoms with van der Waals surface area (Å²) in [6.45, 7) is 8.77. The first-order valence-corrected chi connectivity index (χ1v) is 14.0. The van der Waals surface area contributed by atoms with Gasteiger partial charge in [0.05, 0.1) is 29.0 Å². The third-order valence-corrected chi connectivity index (χ3v) is 6.48. The maximum absolute atomic E-state index is 13.6. The number of hydrogen-bond acceptors (Lipinski definition) is 12. The number of nitro benzene ring substituents is 1. The number of ether oxygens (including phenoxy) is 1. The van der Waals surface area contributed by atoms with Crippen molar-refractivity contribution < 1.29 is 24.4 Å². The molecule has 0 saturated heterocycles. The molecule has 0 bridgehead atoms. The first kappa shape index (κ1) is 32.3. The molecule has 2 unspecified atom stereocenters. The van der Waals surface area contributed by atoms with Crippen LogP contribution in [0.1, 0.15) is 51.9 Å². The van der Waals surface area contributed by atoms with Gasteiger partial charge in [-0.05, 0) is 52.3 Å². The number of carbonyl (C=O) groups excluding carboxylic acids is 1. The Morgan fingerprint density at radius 1 is 1.25 bits per heavy atom. The van der Waals surface area contributed by atoms with Crippen LogP contribution in [0.2, 0.25) is 0 Å². The van der Waals surface area contributed by atoms with Gasteiger partial charge < -0.3 is 25.7 Å². The number of carbonyl (C=O) groups is 1. The first-order valence-electron chi connectivity index (χ1n) is 14.0. The molecule has 15 heteroatoms. The molecule has 1 aliphatic heterocycles. The summed E-state index contributed by atoms with van der Waals surface area (Å²) < 4.78 is 6.55. The predicted octanol–water partition coefficient (Wildman–Crippen LogP) is 3.29. The summed E-state index contributed by atoms with van der Waals surface area (Å²) in [5.41, 5.74) is 6.54. The summed E-state index contributed by atoms with van der Waals surface area (Å²) in [4.78, 5) is 47.1. The number of benzene rings is 2. The number of nitrogens with two attached hydrogens (primary N) is 1. The van der Waals surface area contributed by atoms with E-state index in [1.165, 1.54) is 29.0 Å². The van der Waals surface area contributed by atoms with Crippen molar-refractivity contribution in [1.82, 2.24) is 19.9 Å². The lowest BCUT2D eigenvalue weighted by molar-refractivity contribution is -0.384. The van der Waals surface area contributed by atoms with Crippen molar-refractivity contribution in [1.29, 1.82) is 0 Å². The van der Waals surface area contributed by atoms with Gasteiger partial charge in [0.2, 0.25) is 0 Å². The minimum Gasteiger partial charge on any atom is -0.444 e. The molecule has 0 aliphatic carbocycles. The lowest BCUT2D eigenvalue weighted by atomic mass is 10.1. The van der Waals surface area contributed by atoms with Gasteiger partial charge >= 0.3 is 6.09 Å². The molecule has 15 nitrogen and oxygen atoms in total. The molecule has 2 aromatic carbocycles. The molecule has 2 atom stereocenters. The number of fused-ring (bicyclic) bond motifs is 1. The molecule has 2 heterocycles. The van der Waals surface area contributed by atoms with E-state index in [2.05, 4.69) is 20.9 Å². The van der Waals surface area contributed by atoms with E-state index >= 15 is 0 Å². The molecular formula is C29H38N8O7. The maximum Gasteiger partial charge on any atom is 0.412 e. The third-order valence-electron chi connectivity index (χ3n) is 6.48. The number of amides is 1. The normalized spacial score (nSPS) is 15.4. The molecular weight excluding hydrogens is 572 g/mol. The van der Waals surface area contributed by atoms with Gasteiger partial charge in [-0.1, -0.05) is 12.1 Å². The van der Waals surface area contributed by atoms with Crippen molar-refractivity contribution in [3.63, 3.8) is 0 Å². The molecule has 236 valence electrons. The maximum atomic E-state index is 13.6. The minimum absolute atomic E-state index is 0.0460. The average molecular weight is 611 g/mol. The van der Waals surface area contributed by atoms with Gasteiger partial charge in [-0.2, -0.15) is 0 Å². The molecule has 0 spiro atoms. The van der Waals surface area contributed by atoms with Crippen LogP contribution in [-0.4, -0.2) is 55.7 Å². The monoisotopic (exact) mass is 610 g/mol. The molecule has 1 aromatic heterocycles. The summed E-state index contributed by atoms with van der Waals surface area (Å²) in [5.74, 6) is 0.664. The number of rotatable bonds is 10. The Morgan fingerprint density at radius 3 is 2.64 bits per heavy atom. The number of aliphatic hydroxyl groups is 1. The average Bonchev–Trinajstić information content (AvgIpc) is 3.20. The van der Waals surface area contributed by atoms with Crippen LogP contribution < -0.4 is 32.1 Å². The second-order valence-electron chi connectivity index (χ2n) is 11.7. The molecule has 1 aliphatic rings. The van der Waals surface area contributed by atoms with Crippen LogP contribution in [0.5, 0.6) is 5.75 Å². The van der Waals surface area contributed by atoms with Gasteiger partial charge in [-0.25, -0.2) is 9.78 Å². The van der Waals surface area contributed by atoms with Crippen molar-refractivity contribution in [2.24, 2.45) is 5.73 Å². The lowest BCUT2D eigenvalue weighted by Gasteiger charge is -2.21. The number of non-ortho nitro benzene ring substituents is 1. The predicted molar refractivity (Wildman–Crippen MR) is 164 cm³/mol. The zero-order valence-electron chi connectivity index (χ0n) is 25.5. The topological polar surface area (TPSA) is 199 Å². The highest BCUT2D eigenvalue weighted by molar-refractivity contribution is 5.87. The minimum atomic E-state index is -1.21. The van der Waals surface area contributed by atoms with Gasteiger partial charge in [0.25, 0.3) is 11.2 Å². The van der Waals surface area contributed by atoms with Crippen molar-refractivity contribution in [2.75, 3.05) is 17.7 Å². The summed E-state index contributed by atoms with van der Waals surface area (Å²) in [6.07, 6.45) is -1.01. The van der Waals surface area contributed by atoms with E-state index in [-0.39, 0.29) is 53.7 Å². The summed E-state index contributed by atoms with van der Waals surface area (Å²) in [5, 5.41) is 32.8. The Morgan fingerprint density at radius 2 is 1.98 bits per heavy atom. The highest BCUT2D eigenvalue weighted by Gasteiger charge is 2.27. The van der Waals surface area contributed by atoms with Crippen LogP contribution in [0, 0.1) is 10.1 Å². The third kappa shape index (κ3) is 7.87. The van der Waals surface area contributed by atoms with Crippen molar-refractivity contribution in [2.45, 2.75) is 71.7 Å². The van der Waals surface area contributed by atoms with E-state index in [1.54, 1.807) is 32.9 Å². The molecule has 44 heavy (non-hydrogen) atoms. The van der Waals surface area contributed by atoms with E-state index < -0.39 is 28.4 Å². The number of hydroxylamine groups is 2. The van der Waals surface area contributed by atoms with E-state index in [4.69, 9.17) is 15.3 Å². The molecule has 1 amide bonds. The zero-order valence-corrected chi connectivity index (χ0v) is 25.5. The van der Waals surface area contributed by atoms with Crippen molar-refractivity contribution in [3.05, 3.63) is 74.2 Å². The lowest BCUT2D eigenvalue weighted by Crippen LogP contribution is -2.38. The van der Waals surface area contributed by atoms with Crippen LogP contribution in [0.25, 0.3) is 11.3 Å². The fourth-order valence-electron chi connectivity index (χ4n) is 4.52.